The first-order chi connectivity index (χ1) is 5.66. The summed E-state index contributed by atoms with van der Waals surface area (Å²) in [6.45, 7) is 1.95. The molecule has 0 aromatic rings. The number of nitrogens with zero attached hydrogens (tertiary/aromatic N) is 4. The van der Waals surface area contributed by atoms with E-state index in [9.17, 15) is 5.11 Å². The molecule has 5 nitrogen and oxygen atoms in total. The Labute approximate surface area is 71.6 Å². The van der Waals surface area contributed by atoms with Crippen LogP contribution in [-0.2, 0) is 0 Å². The highest BCUT2D eigenvalue weighted by atomic mass is 16.3. The summed E-state index contributed by atoms with van der Waals surface area (Å²) in [5, 5.41) is 13.2. The van der Waals surface area contributed by atoms with E-state index in [0.29, 0.717) is 12.8 Å². The van der Waals surface area contributed by atoms with Gasteiger partial charge in [0.05, 0.1) is 12.1 Å². The van der Waals surface area contributed by atoms with Gasteiger partial charge >= 0.3 is 0 Å². The van der Waals surface area contributed by atoms with Gasteiger partial charge in [0.25, 0.3) is 0 Å². The second-order valence-corrected chi connectivity index (χ2v) is 3.42. The van der Waals surface area contributed by atoms with Crippen LogP contribution in [0.25, 0.3) is 10.4 Å². The van der Waals surface area contributed by atoms with Crippen molar-refractivity contribution >= 4 is 0 Å². The molecule has 1 heterocycles. The molecule has 5 heteroatoms. The average Bonchev–Trinajstić information content (AvgIpc) is 2.08. The van der Waals surface area contributed by atoms with Crippen molar-refractivity contribution in [3.63, 3.8) is 0 Å². The summed E-state index contributed by atoms with van der Waals surface area (Å²) in [7, 11) is 2.02. The Kier molecular flexibility index (Phi) is 2.92. The molecule has 0 amide bonds. The van der Waals surface area contributed by atoms with E-state index >= 15 is 0 Å². The fourth-order valence-electron chi connectivity index (χ4n) is 1.36. The minimum absolute atomic E-state index is 0.206. The molecule has 0 unspecified atom stereocenters. The number of azide groups is 1. The van der Waals surface area contributed by atoms with Crippen LogP contribution in [0.4, 0.5) is 0 Å². The third kappa shape index (κ3) is 2.37. The molecule has 68 valence electrons. The molecule has 0 aromatic heterocycles. The average molecular weight is 170 g/mol. The molecule has 1 N–H and O–H groups in total. The molecule has 1 fully saturated rings. The van der Waals surface area contributed by atoms with E-state index in [2.05, 4.69) is 14.9 Å². The number of aliphatic hydroxyl groups is 1. The Morgan fingerprint density at radius 3 is 2.67 bits per heavy atom. The van der Waals surface area contributed by atoms with Gasteiger partial charge in [-0.3, -0.25) is 0 Å². The van der Waals surface area contributed by atoms with E-state index in [0.717, 1.165) is 13.1 Å². The van der Waals surface area contributed by atoms with Crippen LogP contribution < -0.4 is 0 Å². The largest absolute Gasteiger partial charge is 0.390 e. The van der Waals surface area contributed by atoms with Gasteiger partial charge in [0.2, 0.25) is 0 Å². The lowest BCUT2D eigenvalue weighted by atomic mass is 9.92. The summed E-state index contributed by atoms with van der Waals surface area (Å²) in [6, 6.07) is 0. The van der Waals surface area contributed by atoms with Crippen LogP contribution in [0.5, 0.6) is 0 Å². The summed E-state index contributed by atoms with van der Waals surface area (Å²) in [4.78, 5) is 4.80. The van der Waals surface area contributed by atoms with Gasteiger partial charge in [-0.15, -0.1) is 0 Å². The Hall–Kier alpha value is -0.770. The zero-order valence-electron chi connectivity index (χ0n) is 7.27. The smallest absolute Gasteiger partial charge is 0.0728 e. The van der Waals surface area contributed by atoms with Crippen molar-refractivity contribution in [3.8, 4) is 0 Å². The maximum atomic E-state index is 9.83. The normalized spacial score (nSPS) is 23.2. The van der Waals surface area contributed by atoms with Crippen LogP contribution >= 0.6 is 0 Å². The van der Waals surface area contributed by atoms with Crippen molar-refractivity contribution < 1.29 is 5.11 Å². The van der Waals surface area contributed by atoms with Crippen molar-refractivity contribution in [1.82, 2.24) is 4.90 Å². The zero-order chi connectivity index (χ0) is 9.03. The molecular weight excluding hydrogens is 156 g/mol. The summed E-state index contributed by atoms with van der Waals surface area (Å²) < 4.78 is 0. The van der Waals surface area contributed by atoms with Crippen LogP contribution in [0, 0.1) is 0 Å². The molecule has 1 saturated heterocycles. The zero-order valence-corrected chi connectivity index (χ0v) is 7.27. The van der Waals surface area contributed by atoms with E-state index in [1.54, 1.807) is 0 Å². The number of piperidine rings is 1. The maximum absolute atomic E-state index is 9.83. The van der Waals surface area contributed by atoms with Gasteiger partial charge in [-0.2, -0.15) is 0 Å². The van der Waals surface area contributed by atoms with Crippen LogP contribution in [-0.4, -0.2) is 42.3 Å². The molecule has 0 aromatic carbocycles. The standard InChI is InChI=1S/C7H14N4O/c1-11-4-2-7(12,3-5-11)6-9-10-8/h12H,2-6H2,1H3. The molecule has 0 saturated carbocycles. The highest BCUT2D eigenvalue weighted by molar-refractivity contribution is 4.86. The Morgan fingerprint density at radius 2 is 2.17 bits per heavy atom. The molecule has 0 radical (unpaired) electrons. The van der Waals surface area contributed by atoms with E-state index in [1.165, 1.54) is 0 Å². The maximum Gasteiger partial charge on any atom is 0.0728 e. The Balaban J connectivity index is 2.44. The van der Waals surface area contributed by atoms with Crippen molar-refractivity contribution in [2.45, 2.75) is 18.4 Å². The third-order valence-corrected chi connectivity index (χ3v) is 2.35. The van der Waals surface area contributed by atoms with Gasteiger partial charge in [-0.05, 0) is 25.4 Å². The summed E-state index contributed by atoms with van der Waals surface area (Å²) in [5.41, 5.74) is 7.35. The van der Waals surface area contributed by atoms with Gasteiger partial charge in [0, 0.05) is 18.0 Å². The van der Waals surface area contributed by atoms with Crippen molar-refractivity contribution in [3.05, 3.63) is 10.4 Å². The summed E-state index contributed by atoms with van der Waals surface area (Å²) in [5.74, 6) is 0. The lowest BCUT2D eigenvalue weighted by Gasteiger charge is -2.35. The first kappa shape index (κ1) is 9.32. The van der Waals surface area contributed by atoms with Gasteiger partial charge in [-0.1, -0.05) is 5.11 Å². The molecule has 12 heavy (non-hydrogen) atoms. The van der Waals surface area contributed by atoms with E-state index < -0.39 is 5.60 Å². The lowest BCUT2D eigenvalue weighted by Crippen LogP contribution is -2.44. The summed E-state index contributed by atoms with van der Waals surface area (Å²) >= 11 is 0. The number of likely N-dealkylation sites (tertiary alicyclic amines) is 1. The SMILES string of the molecule is CN1CCC(O)(CN=[N+]=[N-])CC1. The topological polar surface area (TPSA) is 72.2 Å². The van der Waals surface area contributed by atoms with E-state index in [1.807, 2.05) is 7.05 Å². The highest BCUT2D eigenvalue weighted by Crippen LogP contribution is 2.21. The molecule has 1 rings (SSSR count). The van der Waals surface area contributed by atoms with Gasteiger partial charge in [0.15, 0.2) is 0 Å². The van der Waals surface area contributed by atoms with Crippen LogP contribution in [0.15, 0.2) is 5.11 Å². The first-order valence-corrected chi connectivity index (χ1v) is 4.08. The second-order valence-electron chi connectivity index (χ2n) is 3.42. The molecule has 0 atom stereocenters. The Morgan fingerprint density at radius 1 is 1.58 bits per heavy atom. The van der Waals surface area contributed by atoms with Crippen LogP contribution in [0.2, 0.25) is 0 Å². The van der Waals surface area contributed by atoms with Gasteiger partial charge in [-0.25, -0.2) is 0 Å². The molecule has 0 aliphatic carbocycles. The van der Waals surface area contributed by atoms with Crippen molar-refractivity contribution in [2.75, 3.05) is 26.7 Å². The lowest BCUT2D eigenvalue weighted by molar-refractivity contribution is -0.00739. The Bertz CT molecular complexity index is 192. The molecule has 1 aliphatic heterocycles. The van der Waals surface area contributed by atoms with Crippen LogP contribution in [0.1, 0.15) is 12.8 Å². The number of hydrogen-bond acceptors (Lipinski definition) is 3. The summed E-state index contributed by atoms with van der Waals surface area (Å²) in [6.07, 6.45) is 1.39. The predicted molar refractivity (Wildman–Crippen MR) is 45.7 cm³/mol. The third-order valence-electron chi connectivity index (χ3n) is 2.35. The highest BCUT2D eigenvalue weighted by Gasteiger charge is 2.29. The quantitative estimate of drug-likeness (QED) is 0.377. The van der Waals surface area contributed by atoms with Gasteiger partial charge in [0.1, 0.15) is 0 Å². The molecule has 0 bridgehead atoms. The van der Waals surface area contributed by atoms with E-state index in [4.69, 9.17) is 5.53 Å². The first-order valence-electron chi connectivity index (χ1n) is 4.08. The second kappa shape index (κ2) is 3.76. The molecule has 1 aliphatic rings. The fraction of sp³-hybridized carbons (Fsp3) is 1.00. The molecule has 0 spiro atoms. The minimum Gasteiger partial charge on any atom is -0.390 e. The molecular formula is C7H14N4O. The van der Waals surface area contributed by atoms with Crippen LogP contribution in [0.3, 0.4) is 0 Å². The minimum atomic E-state index is -0.751. The number of rotatable bonds is 2. The van der Waals surface area contributed by atoms with Crippen molar-refractivity contribution in [2.24, 2.45) is 5.11 Å². The monoisotopic (exact) mass is 170 g/mol. The van der Waals surface area contributed by atoms with Gasteiger partial charge < -0.3 is 10.0 Å². The fourth-order valence-corrected chi connectivity index (χ4v) is 1.36. The predicted octanol–water partition coefficient (Wildman–Crippen LogP) is 0.753. The van der Waals surface area contributed by atoms with Crippen molar-refractivity contribution in [1.29, 1.82) is 0 Å². The number of hydrogen-bond donors (Lipinski definition) is 1. The van der Waals surface area contributed by atoms with E-state index in [-0.39, 0.29) is 6.54 Å².